The van der Waals surface area contributed by atoms with Gasteiger partial charge in [-0.05, 0) is 40.8 Å². The third-order valence-electron chi connectivity index (χ3n) is 5.67. The molecule has 0 aliphatic carbocycles. The zero-order valence-corrected chi connectivity index (χ0v) is 18.0. The molecule has 1 heterocycles. The van der Waals surface area contributed by atoms with Gasteiger partial charge in [0, 0.05) is 29.8 Å². The molecule has 3 aromatic rings. The van der Waals surface area contributed by atoms with Crippen molar-refractivity contribution in [1.82, 2.24) is 4.90 Å². The largest absolute Gasteiger partial charge is 0.481 e. The summed E-state index contributed by atoms with van der Waals surface area (Å²) in [6.45, 7) is 4.37. The van der Waals surface area contributed by atoms with Crippen LogP contribution < -0.4 is 0 Å². The Kier molecular flexibility index (Phi) is 6.56. The molecule has 3 aromatic carbocycles. The molecule has 0 bridgehead atoms. The zero-order valence-electron chi connectivity index (χ0n) is 17.2. The molecule has 0 saturated carbocycles. The SMILES string of the molecule is CCC(Sc1ccc(CN2CC(C(=O)O)C2)cc1)c1ccc(-c2ccccc2)cc1. The Morgan fingerprint density at radius 3 is 2.20 bits per heavy atom. The van der Waals surface area contributed by atoms with Crippen molar-refractivity contribution < 1.29 is 9.90 Å². The van der Waals surface area contributed by atoms with Crippen molar-refractivity contribution in [2.24, 2.45) is 5.92 Å². The minimum Gasteiger partial charge on any atom is -0.481 e. The van der Waals surface area contributed by atoms with E-state index in [1.807, 2.05) is 17.8 Å². The summed E-state index contributed by atoms with van der Waals surface area (Å²) in [7, 11) is 0. The minimum absolute atomic E-state index is 0.196. The highest BCUT2D eigenvalue weighted by molar-refractivity contribution is 7.99. The molecule has 0 radical (unpaired) electrons. The van der Waals surface area contributed by atoms with Crippen LogP contribution in [0.15, 0.2) is 83.8 Å². The summed E-state index contributed by atoms with van der Waals surface area (Å²) >= 11 is 1.90. The van der Waals surface area contributed by atoms with E-state index in [1.54, 1.807) is 0 Å². The van der Waals surface area contributed by atoms with E-state index in [9.17, 15) is 4.79 Å². The number of nitrogens with zero attached hydrogens (tertiary/aromatic N) is 1. The van der Waals surface area contributed by atoms with Crippen LogP contribution in [-0.4, -0.2) is 29.1 Å². The van der Waals surface area contributed by atoms with Gasteiger partial charge in [0.2, 0.25) is 0 Å². The fourth-order valence-electron chi connectivity index (χ4n) is 3.86. The topological polar surface area (TPSA) is 40.5 Å². The predicted octanol–water partition coefficient (Wildman–Crippen LogP) is 6.11. The first-order valence-corrected chi connectivity index (χ1v) is 11.4. The standard InChI is InChI=1S/C26H27NO2S/c1-2-25(22-12-10-21(11-13-22)20-6-4-3-5-7-20)30-24-14-8-19(9-15-24)16-27-17-23(18-27)26(28)29/h3-15,23,25H,2,16-18H2,1H3,(H,28,29). The van der Waals surface area contributed by atoms with Gasteiger partial charge in [0.1, 0.15) is 0 Å². The lowest BCUT2D eigenvalue weighted by Crippen LogP contribution is -2.49. The fraction of sp³-hybridized carbons (Fsp3) is 0.269. The Bertz CT molecular complexity index is 964. The average molecular weight is 418 g/mol. The van der Waals surface area contributed by atoms with Gasteiger partial charge in [-0.2, -0.15) is 0 Å². The number of rotatable bonds is 8. The van der Waals surface area contributed by atoms with Gasteiger partial charge in [0.15, 0.2) is 0 Å². The molecule has 1 unspecified atom stereocenters. The van der Waals surface area contributed by atoms with E-state index in [-0.39, 0.29) is 5.92 Å². The number of likely N-dealkylation sites (tertiary alicyclic amines) is 1. The molecule has 0 amide bonds. The third-order valence-corrected chi connectivity index (χ3v) is 7.11. The van der Waals surface area contributed by atoms with E-state index in [4.69, 9.17) is 5.11 Å². The van der Waals surface area contributed by atoms with Gasteiger partial charge >= 0.3 is 5.97 Å². The predicted molar refractivity (Wildman–Crippen MR) is 124 cm³/mol. The van der Waals surface area contributed by atoms with Crippen molar-refractivity contribution in [3.05, 3.63) is 90.0 Å². The molecule has 4 rings (SSSR count). The Balaban J connectivity index is 1.36. The first kappa shape index (κ1) is 20.7. The first-order valence-electron chi connectivity index (χ1n) is 10.5. The van der Waals surface area contributed by atoms with Crippen LogP contribution in [0.2, 0.25) is 0 Å². The summed E-state index contributed by atoms with van der Waals surface area (Å²) in [5.41, 5.74) is 5.09. The van der Waals surface area contributed by atoms with Crippen LogP contribution in [0.25, 0.3) is 11.1 Å². The number of thioether (sulfide) groups is 1. The number of benzene rings is 3. The van der Waals surface area contributed by atoms with Crippen molar-refractivity contribution in [3.63, 3.8) is 0 Å². The minimum atomic E-state index is -0.680. The summed E-state index contributed by atoms with van der Waals surface area (Å²) in [5, 5.41) is 9.42. The van der Waals surface area contributed by atoms with Crippen LogP contribution in [0.1, 0.15) is 29.7 Å². The average Bonchev–Trinajstić information content (AvgIpc) is 2.76. The Labute approximate surface area is 182 Å². The molecule has 3 nitrogen and oxygen atoms in total. The monoisotopic (exact) mass is 417 g/mol. The van der Waals surface area contributed by atoms with Crippen LogP contribution in [0.4, 0.5) is 0 Å². The summed E-state index contributed by atoms with van der Waals surface area (Å²) in [5.74, 6) is -0.876. The maximum atomic E-state index is 10.9. The number of carboxylic acid groups (broad SMARTS) is 1. The van der Waals surface area contributed by atoms with E-state index < -0.39 is 5.97 Å². The van der Waals surface area contributed by atoms with Gasteiger partial charge in [0.25, 0.3) is 0 Å². The smallest absolute Gasteiger partial charge is 0.309 e. The van der Waals surface area contributed by atoms with Crippen molar-refractivity contribution in [2.75, 3.05) is 13.1 Å². The van der Waals surface area contributed by atoms with Crippen molar-refractivity contribution in [3.8, 4) is 11.1 Å². The number of hydrogen-bond donors (Lipinski definition) is 1. The van der Waals surface area contributed by atoms with Gasteiger partial charge < -0.3 is 5.11 Å². The molecule has 1 N–H and O–H groups in total. The van der Waals surface area contributed by atoms with Gasteiger partial charge in [-0.15, -0.1) is 11.8 Å². The van der Waals surface area contributed by atoms with E-state index >= 15 is 0 Å². The normalized spacial score (nSPS) is 15.5. The van der Waals surface area contributed by atoms with E-state index in [0.717, 1.165) is 13.0 Å². The number of hydrogen-bond acceptors (Lipinski definition) is 3. The van der Waals surface area contributed by atoms with Gasteiger partial charge in [-0.25, -0.2) is 0 Å². The highest BCUT2D eigenvalue weighted by Crippen LogP contribution is 2.38. The second kappa shape index (κ2) is 9.50. The fourth-order valence-corrected chi connectivity index (χ4v) is 4.94. The molecule has 1 fully saturated rings. The maximum absolute atomic E-state index is 10.9. The van der Waals surface area contributed by atoms with E-state index in [0.29, 0.717) is 18.3 Å². The zero-order chi connectivity index (χ0) is 20.9. The van der Waals surface area contributed by atoms with Gasteiger partial charge in [-0.1, -0.05) is 73.7 Å². The van der Waals surface area contributed by atoms with E-state index in [2.05, 4.69) is 84.6 Å². The molecule has 154 valence electrons. The second-order valence-electron chi connectivity index (χ2n) is 7.88. The molecule has 1 atom stereocenters. The Morgan fingerprint density at radius 1 is 0.967 bits per heavy atom. The highest BCUT2D eigenvalue weighted by atomic mass is 32.2. The van der Waals surface area contributed by atoms with Gasteiger partial charge in [0.05, 0.1) is 5.92 Å². The molecule has 30 heavy (non-hydrogen) atoms. The second-order valence-corrected chi connectivity index (χ2v) is 9.15. The van der Waals surface area contributed by atoms with Crippen LogP contribution in [-0.2, 0) is 11.3 Å². The highest BCUT2D eigenvalue weighted by Gasteiger charge is 2.32. The molecule has 1 aliphatic heterocycles. The quantitative estimate of drug-likeness (QED) is 0.449. The number of carbonyl (C=O) groups is 1. The van der Waals surface area contributed by atoms with E-state index in [1.165, 1.54) is 27.1 Å². The van der Waals surface area contributed by atoms with Gasteiger partial charge in [-0.3, -0.25) is 9.69 Å². The molecule has 1 saturated heterocycles. The summed E-state index contributed by atoms with van der Waals surface area (Å²) in [6.07, 6.45) is 1.07. The van der Waals surface area contributed by atoms with Crippen molar-refractivity contribution in [1.29, 1.82) is 0 Å². The van der Waals surface area contributed by atoms with Crippen LogP contribution in [0, 0.1) is 5.92 Å². The lowest BCUT2D eigenvalue weighted by Gasteiger charge is -2.36. The third kappa shape index (κ3) is 4.94. The van der Waals surface area contributed by atoms with Crippen LogP contribution >= 0.6 is 11.8 Å². The molecule has 1 aliphatic rings. The first-order chi connectivity index (χ1) is 14.6. The molecular weight excluding hydrogens is 390 g/mol. The number of aliphatic carboxylic acids is 1. The summed E-state index contributed by atoms with van der Waals surface area (Å²) in [4.78, 5) is 14.4. The molecular formula is C26H27NO2S. The summed E-state index contributed by atoms with van der Waals surface area (Å²) in [6, 6.07) is 28.1. The molecule has 4 heteroatoms. The Morgan fingerprint density at radius 2 is 1.60 bits per heavy atom. The lowest BCUT2D eigenvalue weighted by molar-refractivity contribution is -0.147. The van der Waals surface area contributed by atoms with Crippen LogP contribution in [0.3, 0.4) is 0 Å². The van der Waals surface area contributed by atoms with Crippen molar-refractivity contribution >= 4 is 17.7 Å². The Hall–Kier alpha value is -2.56. The van der Waals surface area contributed by atoms with Crippen molar-refractivity contribution in [2.45, 2.75) is 30.0 Å². The maximum Gasteiger partial charge on any atom is 0.309 e. The lowest BCUT2D eigenvalue weighted by atomic mass is 10.00. The molecule has 0 spiro atoms. The molecule has 0 aromatic heterocycles. The summed E-state index contributed by atoms with van der Waals surface area (Å²) < 4.78 is 0. The number of carboxylic acids is 1. The van der Waals surface area contributed by atoms with Crippen LogP contribution in [0.5, 0.6) is 0 Å².